The van der Waals surface area contributed by atoms with Crippen molar-refractivity contribution in [2.45, 2.75) is 38.3 Å². The van der Waals surface area contributed by atoms with E-state index >= 15 is 0 Å². The van der Waals surface area contributed by atoms with E-state index in [0.29, 0.717) is 11.8 Å². The van der Waals surface area contributed by atoms with E-state index < -0.39 is 0 Å². The van der Waals surface area contributed by atoms with E-state index in [1.54, 1.807) is 21.3 Å². The number of ether oxygens (including phenoxy) is 3. The van der Waals surface area contributed by atoms with Gasteiger partial charge in [0.1, 0.15) is 5.75 Å². The fourth-order valence-electron chi connectivity index (χ4n) is 3.97. The molecule has 0 aromatic heterocycles. The van der Waals surface area contributed by atoms with Crippen molar-refractivity contribution < 1.29 is 14.2 Å². The summed E-state index contributed by atoms with van der Waals surface area (Å²) in [6.45, 7) is 0.817. The number of nitrogens with one attached hydrogen (secondary N) is 1. The summed E-state index contributed by atoms with van der Waals surface area (Å²) in [5.74, 6) is 4.14. The van der Waals surface area contributed by atoms with E-state index in [9.17, 15) is 0 Å². The average molecular weight is 291 g/mol. The van der Waals surface area contributed by atoms with Gasteiger partial charge in [0, 0.05) is 24.2 Å². The normalized spacial score (nSPS) is 26.9. The molecule has 21 heavy (non-hydrogen) atoms. The van der Waals surface area contributed by atoms with Crippen LogP contribution >= 0.6 is 0 Å². The lowest BCUT2D eigenvalue weighted by atomic mass is 9.95. The van der Waals surface area contributed by atoms with Crippen LogP contribution in [0.2, 0.25) is 0 Å². The molecule has 3 unspecified atom stereocenters. The van der Waals surface area contributed by atoms with E-state index in [1.165, 1.54) is 25.7 Å². The molecule has 116 valence electrons. The number of methoxy groups -OCH3 is 3. The molecular formula is C17H25NO3. The molecular weight excluding hydrogens is 266 g/mol. The first-order valence-corrected chi connectivity index (χ1v) is 7.77. The van der Waals surface area contributed by atoms with Gasteiger partial charge < -0.3 is 19.5 Å². The van der Waals surface area contributed by atoms with E-state index in [2.05, 4.69) is 5.32 Å². The van der Waals surface area contributed by atoms with Crippen molar-refractivity contribution in [3.8, 4) is 17.2 Å². The maximum absolute atomic E-state index is 5.49. The number of benzene rings is 1. The van der Waals surface area contributed by atoms with Crippen LogP contribution in [0.15, 0.2) is 12.1 Å². The summed E-state index contributed by atoms with van der Waals surface area (Å²) in [6.07, 6.45) is 5.58. The zero-order chi connectivity index (χ0) is 14.8. The second kappa shape index (κ2) is 6.14. The zero-order valence-corrected chi connectivity index (χ0v) is 13.1. The third-order valence-electron chi connectivity index (χ3n) is 5.08. The molecule has 2 aliphatic rings. The number of hydrogen-bond acceptors (Lipinski definition) is 4. The SMILES string of the molecule is COc1cc(OC)c(OC)cc1CNC1CC2CCC1C2. The lowest BCUT2D eigenvalue weighted by Gasteiger charge is -2.23. The van der Waals surface area contributed by atoms with Crippen LogP contribution in [0.1, 0.15) is 31.2 Å². The van der Waals surface area contributed by atoms with Crippen molar-refractivity contribution in [2.75, 3.05) is 21.3 Å². The third kappa shape index (κ3) is 2.82. The summed E-state index contributed by atoms with van der Waals surface area (Å²) in [5, 5.41) is 3.72. The third-order valence-corrected chi connectivity index (χ3v) is 5.08. The van der Waals surface area contributed by atoms with Crippen LogP contribution in [-0.4, -0.2) is 27.4 Å². The number of rotatable bonds is 6. The van der Waals surface area contributed by atoms with Gasteiger partial charge in [-0.25, -0.2) is 0 Å². The van der Waals surface area contributed by atoms with Crippen molar-refractivity contribution in [3.63, 3.8) is 0 Å². The lowest BCUT2D eigenvalue weighted by molar-refractivity contribution is 0.337. The molecule has 1 N–H and O–H groups in total. The molecule has 0 spiro atoms. The molecule has 1 aromatic carbocycles. The second-order valence-corrected chi connectivity index (χ2v) is 6.18. The Morgan fingerprint density at radius 1 is 0.952 bits per heavy atom. The van der Waals surface area contributed by atoms with Gasteiger partial charge in [0.2, 0.25) is 0 Å². The Balaban J connectivity index is 1.71. The van der Waals surface area contributed by atoms with Crippen LogP contribution in [0.3, 0.4) is 0 Å². The summed E-state index contributed by atoms with van der Waals surface area (Å²) in [5.41, 5.74) is 1.12. The monoisotopic (exact) mass is 291 g/mol. The Morgan fingerprint density at radius 2 is 1.67 bits per heavy atom. The molecule has 0 amide bonds. The molecule has 4 nitrogen and oxygen atoms in total. The van der Waals surface area contributed by atoms with Crippen molar-refractivity contribution >= 4 is 0 Å². The standard InChI is InChI=1S/C17H25NO3/c1-19-15-9-17(21-3)16(20-2)8-13(15)10-18-14-7-11-4-5-12(14)6-11/h8-9,11-12,14,18H,4-7,10H2,1-3H3. The Morgan fingerprint density at radius 3 is 2.24 bits per heavy atom. The lowest BCUT2D eigenvalue weighted by Crippen LogP contribution is -2.33. The minimum absolute atomic E-state index is 0.668. The van der Waals surface area contributed by atoms with E-state index in [-0.39, 0.29) is 0 Å². The Bertz CT molecular complexity index is 503. The molecule has 2 bridgehead atoms. The molecule has 4 heteroatoms. The van der Waals surface area contributed by atoms with Crippen LogP contribution in [-0.2, 0) is 6.54 Å². The van der Waals surface area contributed by atoms with E-state index in [0.717, 1.165) is 35.4 Å². The van der Waals surface area contributed by atoms with Crippen molar-refractivity contribution in [2.24, 2.45) is 11.8 Å². The van der Waals surface area contributed by atoms with Crippen molar-refractivity contribution in [1.82, 2.24) is 5.32 Å². The minimum atomic E-state index is 0.668. The highest BCUT2D eigenvalue weighted by Gasteiger charge is 2.39. The Kier molecular flexibility index (Phi) is 4.24. The summed E-state index contributed by atoms with van der Waals surface area (Å²) in [6, 6.07) is 4.58. The maximum atomic E-state index is 5.49. The van der Waals surface area contributed by atoms with Crippen molar-refractivity contribution in [3.05, 3.63) is 17.7 Å². The molecule has 0 saturated heterocycles. The molecule has 1 aromatic rings. The highest BCUT2D eigenvalue weighted by Crippen LogP contribution is 2.44. The summed E-state index contributed by atoms with van der Waals surface area (Å²) in [7, 11) is 5.00. The minimum Gasteiger partial charge on any atom is -0.496 e. The Labute approximate surface area is 126 Å². The molecule has 2 aliphatic carbocycles. The highest BCUT2D eigenvalue weighted by atomic mass is 16.5. The molecule has 3 rings (SSSR count). The zero-order valence-electron chi connectivity index (χ0n) is 13.1. The van der Waals surface area contributed by atoms with Crippen LogP contribution in [0.25, 0.3) is 0 Å². The smallest absolute Gasteiger partial charge is 0.164 e. The maximum Gasteiger partial charge on any atom is 0.164 e. The molecule has 2 saturated carbocycles. The predicted molar refractivity (Wildman–Crippen MR) is 82.2 cm³/mol. The number of hydrogen-bond donors (Lipinski definition) is 1. The summed E-state index contributed by atoms with van der Waals surface area (Å²) in [4.78, 5) is 0. The first-order chi connectivity index (χ1) is 10.2. The largest absolute Gasteiger partial charge is 0.496 e. The average Bonchev–Trinajstić information content (AvgIpc) is 3.14. The quantitative estimate of drug-likeness (QED) is 0.874. The van der Waals surface area contributed by atoms with Crippen LogP contribution in [0.4, 0.5) is 0 Å². The van der Waals surface area contributed by atoms with Gasteiger partial charge in [-0.15, -0.1) is 0 Å². The topological polar surface area (TPSA) is 39.7 Å². The summed E-state index contributed by atoms with van der Waals surface area (Å²) < 4.78 is 16.2. The van der Waals surface area contributed by atoms with Gasteiger partial charge in [-0.1, -0.05) is 6.42 Å². The Hall–Kier alpha value is -1.42. The van der Waals surface area contributed by atoms with Crippen molar-refractivity contribution in [1.29, 1.82) is 0 Å². The number of fused-ring (bicyclic) bond motifs is 2. The molecule has 3 atom stereocenters. The van der Waals surface area contributed by atoms with Gasteiger partial charge in [-0.05, 0) is 37.2 Å². The van der Waals surface area contributed by atoms with Crippen LogP contribution in [0, 0.1) is 11.8 Å². The molecule has 0 radical (unpaired) electrons. The van der Waals surface area contributed by atoms with Crippen LogP contribution < -0.4 is 19.5 Å². The second-order valence-electron chi connectivity index (χ2n) is 6.18. The molecule has 2 fully saturated rings. The van der Waals surface area contributed by atoms with Crippen LogP contribution in [0.5, 0.6) is 17.2 Å². The molecule has 0 heterocycles. The first-order valence-electron chi connectivity index (χ1n) is 7.77. The van der Waals surface area contributed by atoms with Gasteiger partial charge in [0.25, 0.3) is 0 Å². The fraction of sp³-hybridized carbons (Fsp3) is 0.647. The highest BCUT2D eigenvalue weighted by molar-refractivity contribution is 5.50. The van der Waals surface area contributed by atoms with Gasteiger partial charge in [-0.3, -0.25) is 0 Å². The van der Waals surface area contributed by atoms with E-state index in [4.69, 9.17) is 14.2 Å². The van der Waals surface area contributed by atoms with Gasteiger partial charge in [0.15, 0.2) is 11.5 Å². The first kappa shape index (κ1) is 14.5. The fourth-order valence-corrected chi connectivity index (χ4v) is 3.97. The molecule has 0 aliphatic heterocycles. The van der Waals surface area contributed by atoms with Gasteiger partial charge in [-0.2, -0.15) is 0 Å². The van der Waals surface area contributed by atoms with Gasteiger partial charge >= 0.3 is 0 Å². The summed E-state index contributed by atoms with van der Waals surface area (Å²) >= 11 is 0. The van der Waals surface area contributed by atoms with Gasteiger partial charge in [0.05, 0.1) is 21.3 Å². The van der Waals surface area contributed by atoms with E-state index in [1.807, 2.05) is 12.1 Å². The predicted octanol–water partition coefficient (Wildman–Crippen LogP) is 2.99.